The number of rotatable bonds is 4. The highest BCUT2D eigenvalue weighted by molar-refractivity contribution is 7.92. The van der Waals surface area contributed by atoms with Crippen LogP contribution in [0.25, 0.3) is 0 Å². The molecular weight excluding hydrogens is 380 g/mol. The Labute approximate surface area is 155 Å². The lowest BCUT2D eigenvalue weighted by Gasteiger charge is -2.37. The van der Waals surface area contributed by atoms with Gasteiger partial charge >= 0.3 is 6.03 Å². The van der Waals surface area contributed by atoms with Crippen LogP contribution in [0.15, 0.2) is 46.0 Å². The van der Waals surface area contributed by atoms with E-state index < -0.39 is 37.5 Å². The molecule has 146 valence electrons. The lowest BCUT2D eigenvalue weighted by atomic mass is 9.92. The molecule has 0 bridgehead atoms. The molecule has 1 saturated heterocycles. The fourth-order valence-electron chi connectivity index (χ4n) is 3.15. The lowest BCUT2D eigenvalue weighted by Crippen LogP contribution is -2.48. The van der Waals surface area contributed by atoms with Crippen LogP contribution in [0.4, 0.5) is 19.4 Å². The summed E-state index contributed by atoms with van der Waals surface area (Å²) < 4.78 is 58.7. The number of amides is 2. The first kappa shape index (κ1) is 19.3. The molecule has 1 aromatic heterocycles. The highest BCUT2D eigenvalue weighted by atomic mass is 32.2. The van der Waals surface area contributed by atoms with E-state index in [1.54, 1.807) is 0 Å². The van der Waals surface area contributed by atoms with Crippen molar-refractivity contribution in [3.8, 4) is 0 Å². The fraction of sp³-hybridized carbons (Fsp3) is 0.412. The molecule has 1 aliphatic rings. The van der Waals surface area contributed by atoms with Gasteiger partial charge in [0.05, 0.1) is 4.90 Å². The van der Waals surface area contributed by atoms with E-state index in [9.17, 15) is 17.6 Å². The number of benzene rings is 1. The van der Waals surface area contributed by atoms with Gasteiger partial charge < -0.3 is 9.42 Å². The zero-order valence-corrected chi connectivity index (χ0v) is 15.4. The number of aromatic nitrogens is 1. The number of urea groups is 1. The van der Waals surface area contributed by atoms with E-state index in [1.807, 2.05) is 0 Å². The topological polar surface area (TPSA) is 92.5 Å². The minimum atomic E-state index is -4.39. The first-order valence-corrected chi connectivity index (χ1v) is 9.85. The summed E-state index contributed by atoms with van der Waals surface area (Å²) in [6, 6.07) is 5.38. The van der Waals surface area contributed by atoms with E-state index >= 15 is 4.39 Å². The number of anilines is 1. The number of sulfone groups is 1. The molecular formula is C17H19F2N3O4S. The van der Waals surface area contributed by atoms with Gasteiger partial charge in [-0.05, 0) is 38.0 Å². The van der Waals surface area contributed by atoms with E-state index in [-0.39, 0.29) is 31.7 Å². The number of nitrogens with zero attached hydrogens (tertiary/aromatic N) is 2. The Morgan fingerprint density at radius 3 is 2.63 bits per heavy atom. The van der Waals surface area contributed by atoms with Crippen molar-refractivity contribution in [2.45, 2.75) is 29.7 Å². The molecule has 2 amide bonds. The van der Waals surface area contributed by atoms with Crippen molar-refractivity contribution in [2.75, 3.05) is 18.4 Å². The van der Waals surface area contributed by atoms with Crippen LogP contribution in [0.3, 0.4) is 0 Å². The molecule has 1 unspecified atom stereocenters. The van der Waals surface area contributed by atoms with Gasteiger partial charge in [-0.1, -0.05) is 11.2 Å². The van der Waals surface area contributed by atoms with Gasteiger partial charge in [-0.25, -0.2) is 22.0 Å². The van der Waals surface area contributed by atoms with E-state index in [1.165, 1.54) is 29.4 Å². The van der Waals surface area contributed by atoms with E-state index in [0.29, 0.717) is 0 Å². The van der Waals surface area contributed by atoms with Crippen molar-refractivity contribution in [2.24, 2.45) is 5.92 Å². The molecule has 1 N–H and O–H groups in total. The van der Waals surface area contributed by atoms with E-state index in [4.69, 9.17) is 0 Å². The Morgan fingerprint density at radius 2 is 2.04 bits per heavy atom. The van der Waals surface area contributed by atoms with Crippen LogP contribution < -0.4 is 5.32 Å². The summed E-state index contributed by atoms with van der Waals surface area (Å²) in [6.45, 7) is 1.38. The van der Waals surface area contributed by atoms with Crippen molar-refractivity contribution in [3.05, 3.63) is 42.4 Å². The van der Waals surface area contributed by atoms with Crippen molar-refractivity contribution in [1.82, 2.24) is 10.1 Å². The first-order chi connectivity index (χ1) is 12.7. The SMILES string of the molecule is CC(F)(C1CCN(C(=O)Nc2ccon2)CC1)S(=O)(=O)c1cccc(F)c1. The highest BCUT2D eigenvalue weighted by Crippen LogP contribution is 2.39. The number of halogens is 2. The Balaban J connectivity index is 1.68. The maximum Gasteiger partial charge on any atom is 0.323 e. The molecule has 7 nitrogen and oxygen atoms in total. The zero-order chi connectivity index (χ0) is 19.7. The molecule has 1 aliphatic heterocycles. The molecule has 0 saturated carbocycles. The number of piperidine rings is 1. The Morgan fingerprint density at radius 1 is 1.33 bits per heavy atom. The quantitative estimate of drug-likeness (QED) is 0.852. The van der Waals surface area contributed by atoms with Gasteiger partial charge in [0.15, 0.2) is 5.82 Å². The minimum Gasteiger partial charge on any atom is -0.363 e. The molecule has 0 aliphatic carbocycles. The van der Waals surface area contributed by atoms with Gasteiger partial charge in [-0.3, -0.25) is 5.32 Å². The first-order valence-electron chi connectivity index (χ1n) is 8.37. The molecule has 1 fully saturated rings. The van der Waals surface area contributed by atoms with Crippen LogP contribution in [0, 0.1) is 11.7 Å². The molecule has 0 radical (unpaired) electrons. The third-order valence-electron chi connectivity index (χ3n) is 4.82. The third kappa shape index (κ3) is 3.80. The molecule has 3 rings (SSSR count). The number of hydrogen-bond donors (Lipinski definition) is 1. The largest absolute Gasteiger partial charge is 0.363 e. The summed E-state index contributed by atoms with van der Waals surface area (Å²) in [7, 11) is -4.39. The fourth-order valence-corrected chi connectivity index (χ4v) is 4.81. The summed E-state index contributed by atoms with van der Waals surface area (Å²) in [4.78, 5) is 13.2. The van der Waals surface area contributed by atoms with Gasteiger partial charge in [0.25, 0.3) is 0 Å². The van der Waals surface area contributed by atoms with Gasteiger partial charge in [0.1, 0.15) is 12.1 Å². The van der Waals surface area contributed by atoms with E-state index in [0.717, 1.165) is 19.1 Å². The van der Waals surface area contributed by atoms with Crippen LogP contribution >= 0.6 is 0 Å². The second kappa shape index (κ2) is 7.26. The molecule has 1 aromatic carbocycles. The van der Waals surface area contributed by atoms with E-state index in [2.05, 4.69) is 15.0 Å². The number of carbonyl (C=O) groups is 1. The molecule has 27 heavy (non-hydrogen) atoms. The van der Waals surface area contributed by atoms with Crippen molar-refractivity contribution < 1.29 is 26.5 Å². The average Bonchev–Trinajstić information content (AvgIpc) is 3.14. The summed E-state index contributed by atoms with van der Waals surface area (Å²) in [5.74, 6) is -1.31. The summed E-state index contributed by atoms with van der Waals surface area (Å²) in [5.41, 5.74) is 0. The summed E-state index contributed by atoms with van der Waals surface area (Å²) in [6.07, 6.45) is 1.63. The Kier molecular flexibility index (Phi) is 5.18. The monoisotopic (exact) mass is 399 g/mol. The van der Waals surface area contributed by atoms with Crippen molar-refractivity contribution >= 4 is 21.7 Å². The number of nitrogens with one attached hydrogen (secondary N) is 1. The molecule has 2 heterocycles. The average molecular weight is 399 g/mol. The van der Waals surface area contributed by atoms with Gasteiger partial charge in [-0.2, -0.15) is 0 Å². The van der Waals surface area contributed by atoms with Crippen LogP contribution in [-0.2, 0) is 9.84 Å². The normalized spacial score (nSPS) is 18.1. The van der Waals surface area contributed by atoms with Gasteiger partial charge in [0.2, 0.25) is 14.8 Å². The minimum absolute atomic E-state index is 0.160. The van der Waals surface area contributed by atoms with Crippen LogP contribution in [0.5, 0.6) is 0 Å². The smallest absolute Gasteiger partial charge is 0.323 e. The predicted molar refractivity (Wildman–Crippen MR) is 92.9 cm³/mol. The Bertz CT molecular complexity index is 908. The van der Waals surface area contributed by atoms with Gasteiger partial charge in [-0.15, -0.1) is 0 Å². The zero-order valence-electron chi connectivity index (χ0n) is 14.6. The highest BCUT2D eigenvalue weighted by Gasteiger charge is 2.48. The molecule has 10 heteroatoms. The maximum absolute atomic E-state index is 15.4. The molecule has 0 spiro atoms. The number of carbonyl (C=O) groups excluding carboxylic acids is 1. The lowest BCUT2D eigenvalue weighted by molar-refractivity contribution is 0.117. The summed E-state index contributed by atoms with van der Waals surface area (Å²) >= 11 is 0. The number of hydrogen-bond acceptors (Lipinski definition) is 5. The Hall–Kier alpha value is -2.49. The maximum atomic E-state index is 15.4. The predicted octanol–water partition coefficient (Wildman–Crippen LogP) is 3.22. The van der Waals surface area contributed by atoms with Crippen LogP contribution in [-0.4, -0.2) is 42.6 Å². The molecule has 2 aromatic rings. The third-order valence-corrected chi connectivity index (χ3v) is 7.07. The number of alkyl halides is 1. The number of likely N-dealkylation sites (tertiary alicyclic amines) is 1. The second-order valence-corrected chi connectivity index (χ2v) is 8.80. The standard InChI is InChI=1S/C17H19F2N3O4S/c1-17(19,27(24,25)14-4-2-3-13(18)11-14)12-5-8-22(9-6-12)16(23)20-15-7-10-26-21-15/h2-4,7,10-12H,5-6,8-9H2,1H3,(H,20,21,23). The van der Waals surface area contributed by atoms with Crippen LogP contribution in [0.2, 0.25) is 0 Å². The second-order valence-electron chi connectivity index (χ2n) is 6.52. The molecule has 1 atom stereocenters. The van der Waals surface area contributed by atoms with Gasteiger partial charge in [0, 0.05) is 25.1 Å². The van der Waals surface area contributed by atoms with Crippen LogP contribution in [0.1, 0.15) is 19.8 Å². The van der Waals surface area contributed by atoms with Crippen molar-refractivity contribution in [1.29, 1.82) is 0 Å². The van der Waals surface area contributed by atoms with Crippen molar-refractivity contribution in [3.63, 3.8) is 0 Å². The summed E-state index contributed by atoms with van der Waals surface area (Å²) in [5, 5.41) is 3.54.